The molecule has 2 aromatic rings. The number of aliphatic hydroxyl groups is 1. The molecule has 0 amide bonds. The van der Waals surface area contributed by atoms with Gasteiger partial charge in [-0.15, -0.1) is 0 Å². The molecule has 0 atom stereocenters. The van der Waals surface area contributed by atoms with Crippen LogP contribution in [0.15, 0.2) is 36.4 Å². The quantitative estimate of drug-likeness (QED) is 0.911. The first-order chi connectivity index (χ1) is 9.63. The molecule has 3 nitrogen and oxygen atoms in total. The first-order valence-electron chi connectivity index (χ1n) is 6.29. The third kappa shape index (κ3) is 3.27. The second-order valence-corrected chi connectivity index (χ2v) is 4.50. The second kappa shape index (κ2) is 6.39. The van der Waals surface area contributed by atoms with E-state index in [1.807, 2.05) is 6.92 Å². The Morgan fingerprint density at radius 3 is 2.55 bits per heavy atom. The van der Waals surface area contributed by atoms with E-state index in [-0.39, 0.29) is 12.4 Å². The van der Waals surface area contributed by atoms with Crippen LogP contribution in [0.5, 0.6) is 11.5 Å². The van der Waals surface area contributed by atoms with Crippen molar-refractivity contribution in [2.24, 2.45) is 0 Å². The van der Waals surface area contributed by atoms with Gasteiger partial charge in [0.15, 0.2) is 11.5 Å². The zero-order valence-electron chi connectivity index (χ0n) is 11.5. The lowest BCUT2D eigenvalue weighted by molar-refractivity contribution is 0.274. The van der Waals surface area contributed by atoms with Gasteiger partial charge in [0.05, 0.1) is 13.7 Å². The minimum absolute atomic E-state index is 0.0479. The Labute approximate surface area is 117 Å². The van der Waals surface area contributed by atoms with Crippen molar-refractivity contribution in [3.05, 3.63) is 58.9 Å². The smallest absolute Gasteiger partial charge is 0.161 e. The van der Waals surface area contributed by atoms with Gasteiger partial charge in [-0.1, -0.05) is 12.1 Å². The Bertz CT molecular complexity index is 596. The van der Waals surface area contributed by atoms with E-state index in [2.05, 4.69) is 0 Å². The van der Waals surface area contributed by atoms with E-state index in [1.165, 1.54) is 12.1 Å². The Morgan fingerprint density at radius 2 is 1.90 bits per heavy atom. The minimum Gasteiger partial charge on any atom is -0.493 e. The summed E-state index contributed by atoms with van der Waals surface area (Å²) in [4.78, 5) is 0. The molecule has 0 aliphatic heterocycles. The van der Waals surface area contributed by atoms with Crippen LogP contribution in [0, 0.1) is 12.7 Å². The summed E-state index contributed by atoms with van der Waals surface area (Å²) in [6, 6.07) is 9.85. The summed E-state index contributed by atoms with van der Waals surface area (Å²) in [5, 5.41) is 9.09. The number of aryl methyl sites for hydroxylation is 1. The highest BCUT2D eigenvalue weighted by Crippen LogP contribution is 2.29. The van der Waals surface area contributed by atoms with Crippen molar-refractivity contribution >= 4 is 0 Å². The fourth-order valence-electron chi connectivity index (χ4n) is 1.91. The lowest BCUT2D eigenvalue weighted by Crippen LogP contribution is -2.00. The molecule has 106 valence electrons. The van der Waals surface area contributed by atoms with Gasteiger partial charge in [-0.05, 0) is 47.9 Å². The van der Waals surface area contributed by atoms with E-state index >= 15 is 0 Å². The second-order valence-electron chi connectivity index (χ2n) is 4.50. The van der Waals surface area contributed by atoms with Crippen LogP contribution in [0.25, 0.3) is 0 Å². The van der Waals surface area contributed by atoms with Gasteiger partial charge in [0.1, 0.15) is 12.4 Å². The molecule has 4 heteroatoms. The molecule has 0 saturated heterocycles. The average molecular weight is 276 g/mol. The predicted molar refractivity (Wildman–Crippen MR) is 74.4 cm³/mol. The van der Waals surface area contributed by atoms with Crippen LogP contribution in [-0.2, 0) is 13.2 Å². The Morgan fingerprint density at radius 1 is 1.10 bits per heavy atom. The third-order valence-corrected chi connectivity index (χ3v) is 3.10. The molecule has 2 aromatic carbocycles. The highest BCUT2D eigenvalue weighted by atomic mass is 19.1. The number of aliphatic hydroxyl groups excluding tert-OH is 1. The zero-order chi connectivity index (χ0) is 14.5. The highest BCUT2D eigenvalue weighted by Gasteiger charge is 2.07. The SMILES string of the molecule is COc1cc(CO)ccc1OCc1ccc(F)cc1C. The molecule has 0 radical (unpaired) electrons. The number of hydrogen-bond acceptors (Lipinski definition) is 3. The van der Waals surface area contributed by atoms with Crippen LogP contribution < -0.4 is 9.47 Å². The van der Waals surface area contributed by atoms with Gasteiger partial charge in [-0.3, -0.25) is 0 Å². The van der Waals surface area contributed by atoms with Gasteiger partial charge in [0.25, 0.3) is 0 Å². The molecule has 1 N–H and O–H groups in total. The van der Waals surface area contributed by atoms with Crippen molar-refractivity contribution in [1.82, 2.24) is 0 Å². The fraction of sp³-hybridized carbons (Fsp3) is 0.250. The lowest BCUT2D eigenvalue weighted by atomic mass is 10.1. The lowest BCUT2D eigenvalue weighted by Gasteiger charge is -2.13. The van der Waals surface area contributed by atoms with Gasteiger partial charge in [0.2, 0.25) is 0 Å². The van der Waals surface area contributed by atoms with Gasteiger partial charge in [0, 0.05) is 0 Å². The Hall–Kier alpha value is -2.07. The van der Waals surface area contributed by atoms with Gasteiger partial charge in [-0.2, -0.15) is 0 Å². The summed E-state index contributed by atoms with van der Waals surface area (Å²) in [5.74, 6) is 0.904. The Balaban J connectivity index is 2.14. The molecule has 0 saturated carbocycles. The average Bonchev–Trinajstić information content (AvgIpc) is 2.46. The summed E-state index contributed by atoms with van der Waals surface area (Å²) in [5.41, 5.74) is 2.52. The number of halogens is 1. The fourth-order valence-corrected chi connectivity index (χ4v) is 1.91. The molecule has 20 heavy (non-hydrogen) atoms. The molecule has 0 aliphatic carbocycles. The molecule has 2 rings (SSSR count). The van der Waals surface area contributed by atoms with E-state index in [9.17, 15) is 4.39 Å². The van der Waals surface area contributed by atoms with Gasteiger partial charge in [-0.25, -0.2) is 4.39 Å². The summed E-state index contributed by atoms with van der Waals surface area (Å²) in [6.07, 6.45) is 0. The predicted octanol–water partition coefficient (Wildman–Crippen LogP) is 3.21. The highest BCUT2D eigenvalue weighted by molar-refractivity contribution is 5.43. The Kier molecular flexibility index (Phi) is 4.58. The molecule has 0 spiro atoms. The number of hydrogen-bond donors (Lipinski definition) is 1. The van der Waals surface area contributed by atoms with Crippen LogP contribution in [0.1, 0.15) is 16.7 Å². The molecule has 0 aliphatic rings. The minimum atomic E-state index is -0.254. The summed E-state index contributed by atoms with van der Waals surface area (Å²) in [6.45, 7) is 2.13. The van der Waals surface area contributed by atoms with Crippen LogP contribution >= 0.6 is 0 Å². The van der Waals surface area contributed by atoms with Crippen molar-refractivity contribution in [1.29, 1.82) is 0 Å². The van der Waals surface area contributed by atoms with Gasteiger partial charge < -0.3 is 14.6 Å². The van der Waals surface area contributed by atoms with Crippen LogP contribution in [0.3, 0.4) is 0 Å². The maximum absolute atomic E-state index is 13.0. The summed E-state index contributed by atoms with van der Waals surface area (Å²) < 4.78 is 24.0. The summed E-state index contributed by atoms with van der Waals surface area (Å²) >= 11 is 0. The monoisotopic (exact) mass is 276 g/mol. The van der Waals surface area contributed by atoms with Crippen molar-refractivity contribution in [2.45, 2.75) is 20.1 Å². The van der Waals surface area contributed by atoms with Crippen molar-refractivity contribution in [2.75, 3.05) is 7.11 Å². The van der Waals surface area contributed by atoms with Crippen LogP contribution in [0.2, 0.25) is 0 Å². The van der Waals surface area contributed by atoms with E-state index in [0.717, 1.165) is 16.7 Å². The van der Waals surface area contributed by atoms with Crippen LogP contribution in [0.4, 0.5) is 4.39 Å². The van der Waals surface area contributed by atoms with E-state index in [1.54, 1.807) is 31.4 Å². The zero-order valence-corrected chi connectivity index (χ0v) is 11.5. The number of benzene rings is 2. The van der Waals surface area contributed by atoms with Gasteiger partial charge >= 0.3 is 0 Å². The number of rotatable bonds is 5. The van der Waals surface area contributed by atoms with Crippen LogP contribution in [-0.4, -0.2) is 12.2 Å². The molecule has 0 fully saturated rings. The van der Waals surface area contributed by atoms with E-state index in [0.29, 0.717) is 18.1 Å². The first kappa shape index (κ1) is 14.3. The van der Waals surface area contributed by atoms with Crippen molar-refractivity contribution in [3.8, 4) is 11.5 Å². The number of methoxy groups -OCH3 is 1. The molecule has 0 heterocycles. The first-order valence-corrected chi connectivity index (χ1v) is 6.29. The summed E-state index contributed by atoms with van der Waals surface area (Å²) in [7, 11) is 1.55. The largest absolute Gasteiger partial charge is 0.493 e. The maximum atomic E-state index is 13.0. The molecular formula is C16H17FO3. The normalized spacial score (nSPS) is 10.4. The van der Waals surface area contributed by atoms with E-state index in [4.69, 9.17) is 14.6 Å². The molecule has 0 unspecified atom stereocenters. The topological polar surface area (TPSA) is 38.7 Å². The third-order valence-electron chi connectivity index (χ3n) is 3.10. The molecule has 0 bridgehead atoms. The van der Waals surface area contributed by atoms with Crippen molar-refractivity contribution < 1.29 is 19.0 Å². The standard InChI is InChI=1S/C16H17FO3/c1-11-7-14(17)5-4-13(11)10-20-15-6-3-12(9-18)8-16(15)19-2/h3-8,18H,9-10H2,1-2H3. The molecular weight excluding hydrogens is 259 g/mol. The van der Waals surface area contributed by atoms with Crippen molar-refractivity contribution in [3.63, 3.8) is 0 Å². The number of ether oxygens (including phenoxy) is 2. The molecule has 0 aromatic heterocycles. The van der Waals surface area contributed by atoms with E-state index < -0.39 is 0 Å². The maximum Gasteiger partial charge on any atom is 0.161 e.